The quantitative estimate of drug-likeness (QED) is 0.351. The van der Waals surface area contributed by atoms with Crippen molar-refractivity contribution in [2.45, 2.75) is 72.2 Å². The number of benzene rings is 1. The molecule has 0 atom stereocenters. The third-order valence-corrected chi connectivity index (χ3v) is 12.3. The van der Waals surface area contributed by atoms with Gasteiger partial charge in [0, 0.05) is 17.2 Å². The molecule has 4 fully saturated rings. The number of sulfone groups is 1. The fraction of sp³-hybridized carbons (Fsp3) is 0.480. The first-order chi connectivity index (χ1) is 18.9. The molecule has 1 saturated heterocycles. The monoisotopic (exact) mass is 591 g/mol. The Bertz CT molecular complexity index is 1870. The summed E-state index contributed by atoms with van der Waals surface area (Å²) in [7, 11) is -8.06. The molecule has 4 aliphatic rings. The third kappa shape index (κ3) is 3.74. The van der Waals surface area contributed by atoms with Crippen molar-refractivity contribution in [3.05, 3.63) is 47.9 Å². The lowest BCUT2D eigenvalue weighted by Gasteiger charge is -2.53. The van der Waals surface area contributed by atoms with Gasteiger partial charge in [-0.3, -0.25) is 4.40 Å². The zero-order valence-electron chi connectivity index (χ0n) is 21.6. The number of aromatic amines is 1. The maximum atomic E-state index is 13.8. The number of nitrogens with one attached hydrogen (secondary N) is 2. The van der Waals surface area contributed by atoms with Gasteiger partial charge in [-0.1, -0.05) is 18.2 Å². The van der Waals surface area contributed by atoms with Gasteiger partial charge in [0.15, 0.2) is 11.3 Å². The number of hydrogen-bond acceptors (Lipinski definition) is 7. The van der Waals surface area contributed by atoms with Crippen LogP contribution in [0.1, 0.15) is 49.9 Å². The number of fused-ring (bicyclic) bond motifs is 6. The summed E-state index contributed by atoms with van der Waals surface area (Å²) in [5, 5.41) is 8.70. The van der Waals surface area contributed by atoms with Gasteiger partial charge in [0.1, 0.15) is 5.82 Å². The van der Waals surface area contributed by atoms with E-state index in [1.54, 1.807) is 47.9 Å². The Labute approximate surface area is 229 Å². The molecule has 4 aromatic rings. The molecule has 212 valence electrons. The smallest absolute Gasteiger partial charge is 0.280 e. The molecular weight excluding hydrogens is 564 g/mol. The second-order valence-electron chi connectivity index (χ2n) is 11.4. The molecule has 0 amide bonds. The molecule has 0 radical (unpaired) electrons. The number of aromatic nitrogens is 5. The molecule has 3 saturated carbocycles. The number of alkyl halides is 2. The maximum absolute atomic E-state index is 13.8. The first-order valence-electron chi connectivity index (χ1n) is 13.1. The van der Waals surface area contributed by atoms with Gasteiger partial charge in [-0.25, -0.2) is 22.2 Å². The minimum atomic E-state index is -4.03. The maximum Gasteiger partial charge on any atom is 0.280 e. The predicted molar refractivity (Wildman–Crippen MR) is 140 cm³/mol. The molecule has 40 heavy (non-hydrogen) atoms. The van der Waals surface area contributed by atoms with Crippen molar-refractivity contribution in [2.24, 2.45) is 0 Å². The van der Waals surface area contributed by atoms with E-state index in [1.165, 1.54) is 0 Å². The topological polar surface area (TPSA) is 142 Å². The number of hydrogen-bond donors (Lipinski definition) is 2. The van der Waals surface area contributed by atoms with Crippen LogP contribution < -0.4 is 4.72 Å². The standard InChI is InChI=1S/C25H27F2N7O4S2/c1-16-4-2-3-5-18(16)39(35,36)21-20-30-31-22(34(20)17-6-13-28-19(17)29-21)23-7-10-24(11-8-23,12-9-23)32-40(37,38)33-14-25(26,27)15-33/h2-6,13,28,32H,7-12,14-15H2,1H3. The molecule has 8 rings (SSSR count). The van der Waals surface area contributed by atoms with Crippen LogP contribution in [-0.2, 0) is 25.5 Å². The zero-order chi connectivity index (χ0) is 28.1. The average molecular weight is 592 g/mol. The second kappa shape index (κ2) is 8.27. The van der Waals surface area contributed by atoms with Gasteiger partial charge in [-0.2, -0.15) is 17.4 Å². The number of H-pyrrole nitrogens is 1. The summed E-state index contributed by atoms with van der Waals surface area (Å²) >= 11 is 0. The van der Waals surface area contributed by atoms with Crippen LogP contribution in [0.2, 0.25) is 0 Å². The third-order valence-electron chi connectivity index (χ3n) is 8.87. The highest BCUT2D eigenvalue weighted by Crippen LogP contribution is 2.54. The SMILES string of the molecule is Cc1ccccc1S(=O)(=O)c1nc2[nH]ccc2n2c(C34CCC(NS(=O)(=O)N5CC(F)(F)C5)(CC3)CC4)nnc12. The van der Waals surface area contributed by atoms with Gasteiger partial charge < -0.3 is 4.98 Å². The Hall–Kier alpha value is -3.01. The van der Waals surface area contributed by atoms with E-state index in [0.29, 0.717) is 61.1 Å². The highest BCUT2D eigenvalue weighted by atomic mass is 32.2. The van der Waals surface area contributed by atoms with Crippen molar-refractivity contribution in [2.75, 3.05) is 13.1 Å². The van der Waals surface area contributed by atoms with Crippen molar-refractivity contribution >= 4 is 36.9 Å². The van der Waals surface area contributed by atoms with E-state index < -0.39 is 50.0 Å². The van der Waals surface area contributed by atoms with Crippen molar-refractivity contribution < 1.29 is 25.6 Å². The summed E-state index contributed by atoms with van der Waals surface area (Å²) in [5.74, 6) is -2.37. The van der Waals surface area contributed by atoms with Crippen LogP contribution in [0.25, 0.3) is 16.8 Å². The molecule has 15 heteroatoms. The van der Waals surface area contributed by atoms with Gasteiger partial charge in [0.25, 0.3) is 16.1 Å². The second-order valence-corrected chi connectivity index (χ2v) is 14.9. The molecule has 1 aliphatic heterocycles. The molecule has 4 heterocycles. The van der Waals surface area contributed by atoms with Crippen LogP contribution >= 0.6 is 0 Å². The molecule has 11 nitrogen and oxygen atoms in total. The van der Waals surface area contributed by atoms with E-state index in [1.807, 2.05) is 0 Å². The summed E-state index contributed by atoms with van der Waals surface area (Å²) in [6, 6.07) is 8.50. The Kier molecular flexibility index (Phi) is 5.36. The van der Waals surface area contributed by atoms with E-state index >= 15 is 0 Å². The average Bonchev–Trinajstić information content (AvgIpc) is 3.55. The van der Waals surface area contributed by atoms with E-state index in [0.717, 1.165) is 4.31 Å². The van der Waals surface area contributed by atoms with Gasteiger partial charge in [-0.05, 0) is 63.1 Å². The zero-order valence-corrected chi connectivity index (χ0v) is 23.2. The number of rotatable bonds is 6. The molecule has 2 bridgehead atoms. The first kappa shape index (κ1) is 25.9. The highest BCUT2D eigenvalue weighted by Gasteiger charge is 2.56. The van der Waals surface area contributed by atoms with E-state index in [9.17, 15) is 25.6 Å². The van der Waals surface area contributed by atoms with Crippen LogP contribution in [0, 0.1) is 6.92 Å². The van der Waals surface area contributed by atoms with Crippen LogP contribution in [0.15, 0.2) is 46.5 Å². The lowest BCUT2D eigenvalue weighted by atomic mass is 9.57. The van der Waals surface area contributed by atoms with Gasteiger partial charge >= 0.3 is 0 Å². The Morgan fingerprint density at radius 1 is 0.950 bits per heavy atom. The number of aryl methyl sites for hydroxylation is 1. The van der Waals surface area contributed by atoms with E-state index in [4.69, 9.17) is 0 Å². The van der Waals surface area contributed by atoms with Crippen LogP contribution in [0.5, 0.6) is 0 Å². The first-order valence-corrected chi connectivity index (χ1v) is 16.0. The van der Waals surface area contributed by atoms with Crippen molar-refractivity contribution in [3.63, 3.8) is 0 Å². The van der Waals surface area contributed by atoms with Crippen molar-refractivity contribution in [1.29, 1.82) is 0 Å². The molecule has 0 spiro atoms. The summed E-state index contributed by atoms with van der Waals surface area (Å²) in [6.45, 7) is 0.120. The summed E-state index contributed by atoms with van der Waals surface area (Å²) in [6.07, 6.45) is 4.94. The van der Waals surface area contributed by atoms with E-state index in [-0.39, 0.29) is 15.6 Å². The van der Waals surface area contributed by atoms with Gasteiger partial charge in [-0.15, -0.1) is 10.2 Å². The van der Waals surface area contributed by atoms with Gasteiger partial charge in [0.2, 0.25) is 14.9 Å². The van der Waals surface area contributed by atoms with E-state index in [2.05, 4.69) is 24.9 Å². The van der Waals surface area contributed by atoms with Crippen LogP contribution in [0.3, 0.4) is 0 Å². The number of nitrogens with zero attached hydrogens (tertiary/aromatic N) is 5. The minimum absolute atomic E-state index is 0.140. The summed E-state index contributed by atoms with van der Waals surface area (Å²) < 4.78 is 85.2. The molecule has 3 aliphatic carbocycles. The van der Waals surface area contributed by atoms with Crippen molar-refractivity contribution in [3.8, 4) is 0 Å². The molecule has 3 aromatic heterocycles. The molecule has 0 unspecified atom stereocenters. The number of halogens is 2. The van der Waals surface area contributed by atoms with Crippen LogP contribution in [-0.4, -0.2) is 70.3 Å². The largest absolute Gasteiger partial charge is 0.345 e. The molecular formula is C25H27F2N7O4S2. The van der Waals surface area contributed by atoms with Crippen molar-refractivity contribution in [1.82, 2.24) is 33.6 Å². The highest BCUT2D eigenvalue weighted by molar-refractivity contribution is 7.91. The molecule has 2 N–H and O–H groups in total. The fourth-order valence-corrected chi connectivity index (χ4v) is 9.80. The summed E-state index contributed by atoms with van der Waals surface area (Å²) in [4.78, 5) is 7.63. The molecule has 1 aromatic carbocycles. The predicted octanol–water partition coefficient (Wildman–Crippen LogP) is 2.88. The minimum Gasteiger partial charge on any atom is -0.345 e. The Balaban J connectivity index is 1.26. The Morgan fingerprint density at radius 2 is 1.62 bits per heavy atom. The lowest BCUT2D eigenvalue weighted by Crippen LogP contribution is -2.66. The van der Waals surface area contributed by atoms with Crippen LogP contribution in [0.4, 0.5) is 8.78 Å². The Morgan fingerprint density at radius 3 is 2.27 bits per heavy atom. The lowest BCUT2D eigenvalue weighted by molar-refractivity contribution is -0.0955. The van der Waals surface area contributed by atoms with Gasteiger partial charge in [0.05, 0.1) is 23.5 Å². The fourth-order valence-electron chi connectivity index (χ4n) is 6.56. The normalized spacial score (nSPS) is 26.9. The summed E-state index contributed by atoms with van der Waals surface area (Å²) in [5.41, 5.74) is 0.600.